The highest BCUT2D eigenvalue weighted by Gasteiger charge is 2.46. The number of ether oxygens (including phenoxy) is 2. The van der Waals surface area contributed by atoms with E-state index >= 15 is 0 Å². The molecule has 3 atom stereocenters. The highest BCUT2D eigenvalue weighted by molar-refractivity contribution is 6.00. The number of benzene rings is 2. The second kappa shape index (κ2) is 12.8. The monoisotopic (exact) mass is 647 g/mol. The Balaban J connectivity index is 1.14. The van der Waals surface area contributed by atoms with E-state index in [9.17, 15) is 22.8 Å². The van der Waals surface area contributed by atoms with Crippen molar-refractivity contribution in [2.24, 2.45) is 0 Å². The zero-order chi connectivity index (χ0) is 32.5. The van der Waals surface area contributed by atoms with Gasteiger partial charge in [-0.1, -0.05) is 35.5 Å². The van der Waals surface area contributed by atoms with Crippen molar-refractivity contribution < 1.29 is 32.2 Å². The van der Waals surface area contributed by atoms with E-state index in [-0.39, 0.29) is 49.4 Å². The van der Waals surface area contributed by atoms with E-state index < -0.39 is 29.8 Å². The number of alkyl halides is 3. The van der Waals surface area contributed by atoms with Crippen LogP contribution >= 0.6 is 0 Å². The molecule has 3 aliphatic heterocycles. The van der Waals surface area contributed by atoms with Gasteiger partial charge in [-0.25, -0.2) is 4.68 Å². The first-order chi connectivity index (χ1) is 22.7. The lowest BCUT2D eigenvalue weighted by Gasteiger charge is -2.43. The van der Waals surface area contributed by atoms with Crippen LogP contribution in [0.2, 0.25) is 0 Å². The minimum absolute atomic E-state index is 0.0142. The summed E-state index contributed by atoms with van der Waals surface area (Å²) in [5.41, 5.74) is 1.18. The molecule has 2 aromatic carbocycles. The third kappa shape index (κ3) is 6.56. The Hall–Kier alpha value is -4.82. The predicted octanol–water partition coefficient (Wildman–Crippen LogP) is 3.59. The number of amides is 2. The predicted molar refractivity (Wildman–Crippen MR) is 161 cm³/mol. The van der Waals surface area contributed by atoms with Gasteiger partial charge in [0.05, 0.1) is 48.0 Å². The molecular formula is C33H32F3N7O4. The quantitative estimate of drug-likeness (QED) is 0.313. The van der Waals surface area contributed by atoms with Crippen LogP contribution in [0.4, 0.5) is 13.2 Å². The largest absolute Gasteiger partial charge is 0.491 e. The molecule has 2 aromatic heterocycles. The second-order valence-corrected chi connectivity index (χ2v) is 11.9. The van der Waals surface area contributed by atoms with Gasteiger partial charge in [-0.3, -0.25) is 19.5 Å². The summed E-state index contributed by atoms with van der Waals surface area (Å²) in [6.45, 7) is 2.33. The molecule has 5 heterocycles. The zero-order valence-electron chi connectivity index (χ0n) is 25.3. The van der Waals surface area contributed by atoms with Gasteiger partial charge in [-0.05, 0) is 35.9 Å². The minimum Gasteiger partial charge on any atom is -0.491 e. The Morgan fingerprint density at radius 2 is 1.83 bits per heavy atom. The van der Waals surface area contributed by atoms with Crippen LogP contribution < -0.4 is 4.74 Å². The average molecular weight is 648 g/mol. The summed E-state index contributed by atoms with van der Waals surface area (Å²) in [6.07, 6.45) is -0.0490. The summed E-state index contributed by atoms with van der Waals surface area (Å²) >= 11 is 0. The first-order valence-corrected chi connectivity index (χ1v) is 15.4. The lowest BCUT2D eigenvalue weighted by Crippen LogP contribution is -2.61. The maximum Gasteiger partial charge on any atom is 0.416 e. The maximum absolute atomic E-state index is 14.2. The van der Waals surface area contributed by atoms with Crippen LogP contribution in [0.5, 0.6) is 5.75 Å². The Kier molecular flexibility index (Phi) is 8.37. The number of rotatable bonds is 6. The normalized spacial score (nSPS) is 22.0. The average Bonchev–Trinajstić information content (AvgIpc) is 3.74. The Morgan fingerprint density at radius 3 is 2.62 bits per heavy atom. The molecule has 0 N–H and O–H groups in total. The molecule has 7 rings (SSSR count). The third-order valence-corrected chi connectivity index (χ3v) is 8.79. The molecule has 4 aromatic rings. The molecule has 3 aliphatic rings. The van der Waals surface area contributed by atoms with Crippen molar-refractivity contribution in [2.75, 3.05) is 32.8 Å². The van der Waals surface area contributed by atoms with E-state index in [2.05, 4.69) is 20.2 Å². The number of piperazine rings is 1. The summed E-state index contributed by atoms with van der Waals surface area (Å²) in [6, 6.07) is 15.2. The van der Waals surface area contributed by atoms with Gasteiger partial charge in [0.15, 0.2) is 0 Å². The maximum atomic E-state index is 14.2. The van der Waals surface area contributed by atoms with Gasteiger partial charge in [0.1, 0.15) is 24.1 Å². The van der Waals surface area contributed by atoms with Crippen LogP contribution in [0, 0.1) is 0 Å². The number of carbonyl (C=O) groups excluding carboxylic acids is 2. The number of hydrogen-bond donors (Lipinski definition) is 0. The fraction of sp³-hybridized carbons (Fsp3) is 0.364. The van der Waals surface area contributed by atoms with E-state index in [0.717, 1.165) is 23.4 Å². The molecular weight excluding hydrogens is 615 g/mol. The van der Waals surface area contributed by atoms with Gasteiger partial charge >= 0.3 is 6.18 Å². The summed E-state index contributed by atoms with van der Waals surface area (Å²) in [5.74, 6) is -0.929. The number of nitrogens with zero attached hydrogens (tertiary/aromatic N) is 7. The first kappa shape index (κ1) is 30.8. The molecule has 0 unspecified atom stereocenters. The molecule has 0 bridgehead atoms. The summed E-state index contributed by atoms with van der Waals surface area (Å²) in [7, 11) is 0. The first-order valence-electron chi connectivity index (χ1n) is 15.4. The molecule has 2 saturated heterocycles. The SMILES string of the molecule is O=C1[C@@H]2C[C@@H](OCc3cn(-c4cccnc4)nn3)CN2C(=O)c2cc(C(F)(F)F)ccc2OC[C@@H]2CN(Cc3ccccc3)CCN12. The molecule has 2 fully saturated rings. The number of pyridine rings is 1. The smallest absolute Gasteiger partial charge is 0.416 e. The number of aromatic nitrogens is 4. The van der Waals surface area contributed by atoms with Crippen molar-refractivity contribution in [3.63, 3.8) is 0 Å². The number of carbonyl (C=O) groups is 2. The molecule has 0 saturated carbocycles. The second-order valence-electron chi connectivity index (χ2n) is 11.9. The van der Waals surface area contributed by atoms with E-state index in [1.165, 1.54) is 11.0 Å². The molecule has 2 amide bonds. The van der Waals surface area contributed by atoms with Crippen LogP contribution in [0.1, 0.15) is 33.6 Å². The van der Waals surface area contributed by atoms with E-state index in [4.69, 9.17) is 9.47 Å². The van der Waals surface area contributed by atoms with Gasteiger partial charge in [0.25, 0.3) is 5.91 Å². The van der Waals surface area contributed by atoms with Crippen LogP contribution in [0.3, 0.4) is 0 Å². The van der Waals surface area contributed by atoms with Crippen LogP contribution in [0.15, 0.2) is 79.3 Å². The Morgan fingerprint density at radius 1 is 0.979 bits per heavy atom. The van der Waals surface area contributed by atoms with E-state index in [0.29, 0.717) is 31.9 Å². The fourth-order valence-electron chi connectivity index (χ4n) is 6.43. The standard InChI is InChI=1S/C33H32F3N7O4/c34-33(35,36)23-8-9-30-28(13-23)31(44)42-19-27(46-20-24-17-43(39-38-24)25-7-4-10-37-15-25)14-29(42)32(45)41-12-11-40(18-26(41)21-47-30)16-22-5-2-1-3-6-22/h1-10,13,15,17,26-27,29H,11-12,14,16,18-21H2/t26-,27+,29-/m0/s1. The summed E-state index contributed by atoms with van der Waals surface area (Å²) in [5, 5.41) is 8.27. The summed E-state index contributed by atoms with van der Waals surface area (Å²) in [4.78, 5) is 37.6. The lowest BCUT2D eigenvalue weighted by atomic mass is 10.0. The topological polar surface area (TPSA) is 106 Å². The Labute approximate surface area is 268 Å². The van der Waals surface area contributed by atoms with Crippen LogP contribution in [-0.2, 0) is 28.9 Å². The van der Waals surface area contributed by atoms with Crippen LogP contribution in [0.25, 0.3) is 5.69 Å². The zero-order valence-corrected chi connectivity index (χ0v) is 25.3. The van der Waals surface area contributed by atoms with Crippen LogP contribution in [-0.4, -0.2) is 97.5 Å². The van der Waals surface area contributed by atoms with E-state index in [1.54, 1.807) is 34.2 Å². The molecule has 0 aliphatic carbocycles. The van der Waals surface area contributed by atoms with Crippen molar-refractivity contribution in [1.29, 1.82) is 0 Å². The number of hydrogen-bond acceptors (Lipinski definition) is 8. The highest BCUT2D eigenvalue weighted by Crippen LogP contribution is 2.36. The molecule has 47 heavy (non-hydrogen) atoms. The molecule has 14 heteroatoms. The van der Waals surface area contributed by atoms with Gasteiger partial charge < -0.3 is 19.3 Å². The van der Waals surface area contributed by atoms with Crippen molar-refractivity contribution in [3.8, 4) is 11.4 Å². The van der Waals surface area contributed by atoms with Crippen molar-refractivity contribution in [1.82, 2.24) is 34.7 Å². The third-order valence-electron chi connectivity index (χ3n) is 8.79. The van der Waals surface area contributed by atoms with Crippen molar-refractivity contribution in [3.05, 3.63) is 102 Å². The fourth-order valence-corrected chi connectivity index (χ4v) is 6.43. The van der Waals surface area contributed by atoms with E-state index in [1.807, 2.05) is 36.4 Å². The number of halogens is 3. The molecule has 244 valence electrons. The van der Waals surface area contributed by atoms with Crippen molar-refractivity contribution in [2.45, 2.75) is 43.9 Å². The highest BCUT2D eigenvalue weighted by atomic mass is 19.4. The lowest BCUT2D eigenvalue weighted by molar-refractivity contribution is -0.142. The van der Waals surface area contributed by atoms with Gasteiger partial charge in [-0.15, -0.1) is 5.10 Å². The minimum atomic E-state index is -4.66. The molecule has 0 spiro atoms. The molecule has 0 radical (unpaired) electrons. The Bertz CT molecular complexity index is 1740. The summed E-state index contributed by atoms with van der Waals surface area (Å²) < 4.78 is 55.0. The van der Waals surface area contributed by atoms with Gasteiger partial charge in [0, 0.05) is 45.3 Å². The van der Waals surface area contributed by atoms with Crippen molar-refractivity contribution >= 4 is 11.8 Å². The van der Waals surface area contributed by atoms with Gasteiger partial charge in [-0.2, -0.15) is 13.2 Å². The van der Waals surface area contributed by atoms with Gasteiger partial charge in [0.2, 0.25) is 5.91 Å². The molecule has 11 nitrogen and oxygen atoms in total. The number of fused-ring (bicyclic) bond motifs is 3.